The molecule has 2 aliphatic rings. The molecule has 0 aromatic heterocycles. The van der Waals surface area contributed by atoms with Gasteiger partial charge < -0.3 is 10.1 Å². The van der Waals surface area contributed by atoms with Crippen LogP contribution >= 0.6 is 0 Å². The Hall–Kier alpha value is -0.120. The van der Waals surface area contributed by atoms with Gasteiger partial charge in [-0.3, -0.25) is 4.90 Å². The molecule has 19 heavy (non-hydrogen) atoms. The molecule has 2 atom stereocenters. The summed E-state index contributed by atoms with van der Waals surface area (Å²) in [7, 11) is 1.82. The average Bonchev–Trinajstić information content (AvgIpc) is 2.42. The SMILES string of the molecule is COC(C)CN1CC(C2CCCCC2)NCC1(C)C. The lowest BCUT2D eigenvalue weighted by Gasteiger charge is -2.49. The fourth-order valence-electron chi connectivity index (χ4n) is 3.60. The second kappa shape index (κ2) is 6.55. The lowest BCUT2D eigenvalue weighted by molar-refractivity contribution is -0.00202. The van der Waals surface area contributed by atoms with Crippen molar-refractivity contribution in [3.05, 3.63) is 0 Å². The molecule has 3 heteroatoms. The molecule has 0 bridgehead atoms. The van der Waals surface area contributed by atoms with E-state index in [1.807, 2.05) is 7.11 Å². The molecule has 1 heterocycles. The van der Waals surface area contributed by atoms with E-state index in [1.165, 1.54) is 38.6 Å². The maximum absolute atomic E-state index is 5.46. The lowest BCUT2D eigenvalue weighted by Crippen LogP contribution is -2.64. The Bertz CT molecular complexity index is 274. The number of piperazine rings is 1. The van der Waals surface area contributed by atoms with Crippen LogP contribution in [0.4, 0.5) is 0 Å². The first-order valence-corrected chi connectivity index (χ1v) is 8.04. The van der Waals surface area contributed by atoms with Crippen LogP contribution in [0.3, 0.4) is 0 Å². The number of ether oxygens (including phenoxy) is 1. The zero-order chi connectivity index (χ0) is 13.9. The van der Waals surface area contributed by atoms with Gasteiger partial charge in [0.15, 0.2) is 0 Å². The smallest absolute Gasteiger partial charge is 0.0670 e. The summed E-state index contributed by atoms with van der Waals surface area (Å²) in [5.74, 6) is 0.894. The molecule has 0 aromatic rings. The minimum atomic E-state index is 0.248. The van der Waals surface area contributed by atoms with Crippen molar-refractivity contribution in [2.24, 2.45) is 5.92 Å². The van der Waals surface area contributed by atoms with E-state index in [0.29, 0.717) is 12.1 Å². The molecule has 2 fully saturated rings. The maximum Gasteiger partial charge on any atom is 0.0670 e. The van der Waals surface area contributed by atoms with Crippen LogP contribution in [-0.4, -0.2) is 49.3 Å². The Balaban J connectivity index is 1.94. The van der Waals surface area contributed by atoms with Crippen molar-refractivity contribution in [3.63, 3.8) is 0 Å². The largest absolute Gasteiger partial charge is 0.380 e. The van der Waals surface area contributed by atoms with Crippen LogP contribution in [0.5, 0.6) is 0 Å². The zero-order valence-electron chi connectivity index (χ0n) is 13.2. The Morgan fingerprint density at radius 3 is 2.58 bits per heavy atom. The van der Waals surface area contributed by atoms with Crippen LogP contribution in [0.25, 0.3) is 0 Å². The molecule has 2 rings (SSSR count). The quantitative estimate of drug-likeness (QED) is 0.848. The molecule has 2 unspecified atom stereocenters. The summed E-state index contributed by atoms with van der Waals surface area (Å²) in [6.07, 6.45) is 7.47. The maximum atomic E-state index is 5.46. The molecule has 112 valence electrons. The monoisotopic (exact) mass is 268 g/mol. The van der Waals surface area contributed by atoms with Crippen molar-refractivity contribution >= 4 is 0 Å². The molecule has 1 saturated carbocycles. The minimum absolute atomic E-state index is 0.248. The van der Waals surface area contributed by atoms with E-state index in [1.54, 1.807) is 0 Å². The molecule has 3 nitrogen and oxygen atoms in total. The van der Waals surface area contributed by atoms with Crippen LogP contribution in [0.15, 0.2) is 0 Å². The molecule has 0 amide bonds. The third-order valence-electron chi connectivity index (χ3n) is 5.17. The highest BCUT2D eigenvalue weighted by molar-refractivity contribution is 4.96. The van der Waals surface area contributed by atoms with Crippen LogP contribution < -0.4 is 5.32 Å². The minimum Gasteiger partial charge on any atom is -0.380 e. The van der Waals surface area contributed by atoms with Gasteiger partial charge in [-0.15, -0.1) is 0 Å². The molecule has 1 saturated heterocycles. The van der Waals surface area contributed by atoms with Crippen molar-refractivity contribution in [2.45, 2.75) is 70.6 Å². The van der Waals surface area contributed by atoms with E-state index in [4.69, 9.17) is 4.74 Å². The van der Waals surface area contributed by atoms with Crippen LogP contribution in [0.2, 0.25) is 0 Å². The summed E-state index contributed by atoms with van der Waals surface area (Å²) >= 11 is 0. The average molecular weight is 268 g/mol. The van der Waals surface area contributed by atoms with Gasteiger partial charge in [-0.25, -0.2) is 0 Å². The van der Waals surface area contributed by atoms with Gasteiger partial charge in [-0.05, 0) is 39.5 Å². The third-order valence-corrected chi connectivity index (χ3v) is 5.17. The van der Waals surface area contributed by atoms with Crippen LogP contribution in [-0.2, 0) is 4.74 Å². The van der Waals surface area contributed by atoms with Gasteiger partial charge in [-0.2, -0.15) is 0 Å². The summed E-state index contributed by atoms with van der Waals surface area (Å²) in [6.45, 7) is 10.2. The molecule has 0 aromatic carbocycles. The molecule has 1 N–H and O–H groups in total. The van der Waals surface area contributed by atoms with Gasteiger partial charge >= 0.3 is 0 Å². The van der Waals surface area contributed by atoms with E-state index in [0.717, 1.165) is 19.0 Å². The van der Waals surface area contributed by atoms with Crippen molar-refractivity contribution < 1.29 is 4.74 Å². The normalized spacial score (nSPS) is 31.3. The van der Waals surface area contributed by atoms with Crippen molar-refractivity contribution in [3.8, 4) is 0 Å². The number of nitrogens with one attached hydrogen (secondary N) is 1. The first kappa shape index (κ1) is 15.3. The van der Waals surface area contributed by atoms with Gasteiger partial charge in [0.1, 0.15) is 0 Å². The number of hydrogen-bond donors (Lipinski definition) is 1. The topological polar surface area (TPSA) is 24.5 Å². The number of hydrogen-bond acceptors (Lipinski definition) is 3. The van der Waals surface area contributed by atoms with Crippen molar-refractivity contribution in [1.82, 2.24) is 10.2 Å². The summed E-state index contributed by atoms with van der Waals surface area (Å²) in [4.78, 5) is 2.64. The van der Waals surface area contributed by atoms with Gasteiger partial charge in [-0.1, -0.05) is 19.3 Å². The molecular weight excluding hydrogens is 236 g/mol. The fraction of sp³-hybridized carbons (Fsp3) is 1.00. The molecular formula is C16H32N2O. The summed E-state index contributed by atoms with van der Waals surface area (Å²) in [5.41, 5.74) is 0.248. The molecule has 0 spiro atoms. The van der Waals surface area contributed by atoms with Gasteiger partial charge in [0.2, 0.25) is 0 Å². The zero-order valence-corrected chi connectivity index (χ0v) is 13.2. The molecule has 0 radical (unpaired) electrons. The van der Waals surface area contributed by atoms with E-state index < -0.39 is 0 Å². The third kappa shape index (κ3) is 3.93. The second-order valence-electron chi connectivity index (χ2n) is 7.15. The lowest BCUT2D eigenvalue weighted by atomic mass is 9.81. The number of methoxy groups -OCH3 is 1. The van der Waals surface area contributed by atoms with Crippen LogP contribution in [0, 0.1) is 5.92 Å². The van der Waals surface area contributed by atoms with E-state index >= 15 is 0 Å². The van der Waals surface area contributed by atoms with E-state index in [-0.39, 0.29) is 5.54 Å². The standard InChI is InChI=1S/C16H32N2O/c1-13(19-4)10-18-11-15(17-12-16(18,2)3)14-8-6-5-7-9-14/h13-15,17H,5-12H2,1-4H3. The van der Waals surface area contributed by atoms with Crippen LogP contribution in [0.1, 0.15) is 52.9 Å². The predicted molar refractivity (Wildman–Crippen MR) is 80.5 cm³/mol. The Morgan fingerprint density at radius 1 is 1.26 bits per heavy atom. The van der Waals surface area contributed by atoms with E-state index in [9.17, 15) is 0 Å². The first-order valence-electron chi connectivity index (χ1n) is 8.04. The Labute approximate surface area is 119 Å². The summed E-state index contributed by atoms with van der Waals surface area (Å²) in [6, 6.07) is 0.692. The van der Waals surface area contributed by atoms with Gasteiger partial charge in [0.25, 0.3) is 0 Å². The first-order chi connectivity index (χ1) is 9.03. The van der Waals surface area contributed by atoms with Gasteiger partial charge in [0, 0.05) is 38.3 Å². The Kier molecular flexibility index (Phi) is 5.27. The summed E-state index contributed by atoms with van der Waals surface area (Å²) < 4.78 is 5.46. The molecule has 1 aliphatic heterocycles. The van der Waals surface area contributed by atoms with E-state index in [2.05, 4.69) is 31.0 Å². The predicted octanol–water partition coefficient (Wildman–Crippen LogP) is 2.65. The highest BCUT2D eigenvalue weighted by Gasteiger charge is 2.37. The number of rotatable bonds is 4. The highest BCUT2D eigenvalue weighted by atomic mass is 16.5. The van der Waals surface area contributed by atoms with Gasteiger partial charge in [0.05, 0.1) is 6.10 Å². The van der Waals surface area contributed by atoms with Crippen molar-refractivity contribution in [2.75, 3.05) is 26.7 Å². The number of nitrogens with zero attached hydrogens (tertiary/aromatic N) is 1. The Morgan fingerprint density at radius 2 is 1.95 bits per heavy atom. The fourth-order valence-corrected chi connectivity index (χ4v) is 3.60. The highest BCUT2D eigenvalue weighted by Crippen LogP contribution is 2.30. The molecule has 1 aliphatic carbocycles. The second-order valence-corrected chi connectivity index (χ2v) is 7.15. The van der Waals surface area contributed by atoms with Crippen molar-refractivity contribution in [1.29, 1.82) is 0 Å². The summed E-state index contributed by atoms with van der Waals surface area (Å²) in [5, 5.41) is 3.82.